The van der Waals surface area contributed by atoms with Gasteiger partial charge in [-0.1, -0.05) is 113 Å². The summed E-state index contributed by atoms with van der Waals surface area (Å²) in [6.07, 6.45) is 1.20. The number of carbonyl (C=O) groups is 2. The maximum Gasteiger partial charge on any atom is 0.266 e. The summed E-state index contributed by atoms with van der Waals surface area (Å²) < 4.78 is 4.35. The summed E-state index contributed by atoms with van der Waals surface area (Å²) in [5, 5.41) is 3.06. The van der Waals surface area contributed by atoms with E-state index in [9.17, 15) is 9.59 Å². The van der Waals surface area contributed by atoms with Gasteiger partial charge >= 0.3 is 0 Å². The average Bonchev–Trinajstić information content (AvgIpc) is 3.15. The highest BCUT2D eigenvalue weighted by atomic mass is 35.6. The predicted octanol–water partition coefficient (Wildman–Crippen LogP) is 7.29. The minimum atomic E-state index is -1.95. The number of nitrogens with zero attached hydrogens (tertiary/aromatic N) is 1. The molecule has 4 rings (SSSR count). The van der Waals surface area contributed by atoms with Gasteiger partial charge in [-0.2, -0.15) is 0 Å². The molecule has 1 N–H and O–H groups in total. The quantitative estimate of drug-likeness (QED) is 0.123. The van der Waals surface area contributed by atoms with Crippen LogP contribution in [0.2, 0.25) is 5.02 Å². The number of carbonyl (C=O) groups excluding carboxylic acids is 2. The van der Waals surface area contributed by atoms with Crippen LogP contribution in [-0.4, -0.2) is 37.6 Å². The number of thioether (sulfide) groups is 1. The highest BCUT2D eigenvalue weighted by Crippen LogP contribution is 2.34. The lowest BCUT2D eigenvalue weighted by Crippen LogP contribution is -2.47. The van der Waals surface area contributed by atoms with Crippen LogP contribution in [0.25, 0.3) is 6.08 Å². The minimum Gasteiger partial charge on any atom is -0.466 e. The van der Waals surface area contributed by atoms with Crippen molar-refractivity contribution in [2.45, 2.75) is 16.4 Å². The van der Waals surface area contributed by atoms with Crippen molar-refractivity contribution in [2.75, 3.05) is 6.54 Å². The number of hydrogen-bond donors (Lipinski definition) is 1. The number of rotatable bonds is 8. The molecule has 2 amide bonds. The summed E-state index contributed by atoms with van der Waals surface area (Å²) in [5.41, 5.74) is 2.23. The van der Waals surface area contributed by atoms with Crippen LogP contribution in [0.5, 0.6) is 5.75 Å². The topological polar surface area (TPSA) is 58.6 Å². The Hall–Kier alpha value is -2.26. The van der Waals surface area contributed by atoms with Crippen molar-refractivity contribution in [2.24, 2.45) is 0 Å². The Morgan fingerprint density at radius 2 is 1.68 bits per heavy atom. The first-order valence-corrected chi connectivity index (χ1v) is 14.0. The second-order valence-electron chi connectivity index (χ2n) is 8.16. The zero-order valence-corrected chi connectivity index (χ0v) is 24.2. The molecule has 38 heavy (non-hydrogen) atoms. The summed E-state index contributed by atoms with van der Waals surface area (Å²) >= 11 is 30.8. The number of halogens is 4. The fraction of sp³-hybridized carbons (Fsp3) is 0.148. The largest absolute Gasteiger partial charge is 0.466 e. The van der Waals surface area contributed by atoms with E-state index >= 15 is 0 Å². The molecule has 1 aliphatic rings. The minimum absolute atomic E-state index is 0.127. The molecule has 3 aromatic carbocycles. The molecule has 1 saturated heterocycles. The van der Waals surface area contributed by atoms with E-state index in [2.05, 4.69) is 5.32 Å². The molecule has 1 atom stereocenters. The van der Waals surface area contributed by atoms with E-state index in [1.54, 1.807) is 59.5 Å². The highest BCUT2D eigenvalue weighted by molar-refractivity contribution is 8.26. The van der Waals surface area contributed by atoms with E-state index in [0.29, 0.717) is 38.5 Å². The monoisotopic (exact) mass is 624 g/mol. The summed E-state index contributed by atoms with van der Waals surface area (Å²) in [6.45, 7) is 0.513. The van der Waals surface area contributed by atoms with Crippen LogP contribution >= 0.6 is 70.4 Å². The maximum absolute atomic E-state index is 12.9. The Bertz CT molecular complexity index is 1350. The summed E-state index contributed by atoms with van der Waals surface area (Å²) in [7, 11) is 0. The van der Waals surface area contributed by atoms with Crippen molar-refractivity contribution in [1.29, 1.82) is 0 Å². The molecule has 0 bridgehead atoms. The number of thiocarbonyl (C=S) groups is 1. The Balaban J connectivity index is 1.40. The van der Waals surface area contributed by atoms with Crippen LogP contribution in [0.4, 0.5) is 0 Å². The van der Waals surface area contributed by atoms with E-state index in [-0.39, 0.29) is 5.91 Å². The molecular formula is C27H20Cl4N2O3S2. The van der Waals surface area contributed by atoms with Gasteiger partial charge in [0.05, 0.1) is 4.91 Å². The first-order valence-electron chi connectivity index (χ1n) is 11.3. The Labute approximate surface area is 250 Å². The number of hydrogen-bond acceptors (Lipinski definition) is 5. The van der Waals surface area contributed by atoms with Gasteiger partial charge in [0.2, 0.25) is 10.0 Å². The first kappa shape index (κ1) is 28.7. The van der Waals surface area contributed by atoms with Crippen molar-refractivity contribution in [3.63, 3.8) is 0 Å². The number of nitrogens with one attached hydrogen (secondary N) is 1. The number of alkyl halides is 3. The SMILES string of the molecule is O=C(NC(Oc1ccc(C=C2SC(=S)N(CCc3ccccc3)C2=O)cc1)C(Cl)(Cl)Cl)c1ccc(Cl)cc1. The van der Waals surface area contributed by atoms with E-state index in [0.717, 1.165) is 11.1 Å². The molecular weight excluding hydrogens is 606 g/mol. The van der Waals surface area contributed by atoms with Crippen molar-refractivity contribution in [1.82, 2.24) is 10.2 Å². The second kappa shape index (κ2) is 12.7. The zero-order valence-electron chi connectivity index (χ0n) is 19.6. The van der Waals surface area contributed by atoms with Crippen LogP contribution in [0, 0.1) is 0 Å². The molecule has 11 heteroatoms. The number of amides is 2. The molecule has 0 radical (unpaired) electrons. The van der Waals surface area contributed by atoms with Crippen molar-refractivity contribution in [3.8, 4) is 5.75 Å². The molecule has 1 fully saturated rings. The van der Waals surface area contributed by atoms with Gasteiger partial charge in [-0.3, -0.25) is 14.5 Å². The third kappa shape index (κ3) is 7.65. The van der Waals surface area contributed by atoms with E-state index in [4.69, 9.17) is 63.4 Å². The molecule has 0 aromatic heterocycles. The van der Waals surface area contributed by atoms with Gasteiger partial charge in [-0.05, 0) is 60.0 Å². The van der Waals surface area contributed by atoms with Crippen LogP contribution in [-0.2, 0) is 11.2 Å². The Morgan fingerprint density at radius 3 is 2.32 bits per heavy atom. The van der Waals surface area contributed by atoms with Crippen LogP contribution in [0.3, 0.4) is 0 Å². The molecule has 0 aliphatic carbocycles. The number of benzene rings is 3. The molecule has 5 nitrogen and oxygen atoms in total. The van der Waals surface area contributed by atoms with Crippen LogP contribution in [0.1, 0.15) is 21.5 Å². The van der Waals surface area contributed by atoms with Gasteiger partial charge in [-0.15, -0.1) is 0 Å². The average molecular weight is 626 g/mol. The summed E-state index contributed by atoms with van der Waals surface area (Å²) in [4.78, 5) is 27.7. The fourth-order valence-corrected chi connectivity index (χ4v) is 5.22. The lowest BCUT2D eigenvalue weighted by molar-refractivity contribution is -0.122. The highest BCUT2D eigenvalue weighted by Gasteiger charge is 2.36. The summed E-state index contributed by atoms with van der Waals surface area (Å²) in [5.74, 6) is -0.272. The van der Waals surface area contributed by atoms with Gasteiger partial charge in [0.15, 0.2) is 0 Å². The van der Waals surface area contributed by atoms with Gasteiger partial charge in [-0.25, -0.2) is 0 Å². The molecule has 3 aromatic rings. The van der Waals surface area contributed by atoms with Crippen molar-refractivity contribution in [3.05, 3.63) is 105 Å². The van der Waals surface area contributed by atoms with Gasteiger partial charge in [0.1, 0.15) is 10.1 Å². The standard InChI is InChI=1S/C27H20Cl4N2O3S2/c28-20-10-8-19(9-11-20)23(34)32-25(27(29,30)31)36-21-12-6-18(7-13-21)16-22-24(35)33(26(37)38-22)15-14-17-4-2-1-3-5-17/h1-13,16,25H,14-15H2,(H,32,34). The van der Waals surface area contributed by atoms with Crippen molar-refractivity contribution >= 4 is 92.6 Å². The smallest absolute Gasteiger partial charge is 0.266 e. The first-order chi connectivity index (χ1) is 18.1. The third-order valence-electron chi connectivity index (χ3n) is 5.44. The molecule has 0 spiro atoms. The third-order valence-corrected chi connectivity index (χ3v) is 7.66. The Kier molecular flexibility index (Phi) is 9.63. The molecule has 0 saturated carbocycles. The van der Waals surface area contributed by atoms with Crippen LogP contribution < -0.4 is 10.1 Å². The lowest BCUT2D eigenvalue weighted by atomic mass is 10.1. The molecule has 196 valence electrons. The van der Waals surface area contributed by atoms with Gasteiger partial charge in [0, 0.05) is 17.1 Å². The lowest BCUT2D eigenvalue weighted by Gasteiger charge is -2.26. The van der Waals surface area contributed by atoms with E-state index in [1.807, 2.05) is 30.3 Å². The molecule has 1 heterocycles. The van der Waals surface area contributed by atoms with E-state index in [1.165, 1.54) is 11.8 Å². The van der Waals surface area contributed by atoms with Gasteiger partial charge in [0.25, 0.3) is 11.8 Å². The maximum atomic E-state index is 12.9. The van der Waals surface area contributed by atoms with Crippen molar-refractivity contribution < 1.29 is 14.3 Å². The van der Waals surface area contributed by atoms with E-state index < -0.39 is 15.9 Å². The molecule has 1 aliphatic heterocycles. The summed E-state index contributed by atoms with van der Waals surface area (Å²) in [6, 6.07) is 23.0. The normalized spacial score (nSPS) is 15.6. The number of ether oxygens (including phenoxy) is 1. The van der Waals surface area contributed by atoms with Crippen LogP contribution in [0.15, 0.2) is 83.8 Å². The zero-order chi connectivity index (χ0) is 27.3. The fourth-order valence-electron chi connectivity index (χ4n) is 3.49. The predicted molar refractivity (Wildman–Crippen MR) is 160 cm³/mol. The van der Waals surface area contributed by atoms with Gasteiger partial charge < -0.3 is 10.1 Å². The molecule has 1 unspecified atom stereocenters. The Morgan fingerprint density at radius 1 is 1.03 bits per heavy atom. The second-order valence-corrected chi connectivity index (χ2v) is 12.6.